The van der Waals surface area contributed by atoms with E-state index in [1.54, 1.807) is 0 Å². The number of unbranched alkanes of at least 4 members (excludes halogenated alkanes) is 14. The highest BCUT2D eigenvalue weighted by Gasteiger charge is 2.19. The Balaban J connectivity index is 4.56. The van der Waals surface area contributed by atoms with Crippen LogP contribution in [0.1, 0.15) is 213 Å². The molecule has 0 aliphatic heterocycles. The molecule has 0 spiro atoms. The van der Waals surface area contributed by atoms with Crippen molar-refractivity contribution in [3.8, 4) is 0 Å². The molecule has 0 unspecified atom stereocenters. The van der Waals surface area contributed by atoms with Gasteiger partial charge in [-0.15, -0.1) is 0 Å². The molecule has 6 heteroatoms. The fourth-order valence-corrected chi connectivity index (χ4v) is 6.58. The molecule has 6 nitrogen and oxygen atoms in total. The third kappa shape index (κ3) is 50.7. The Hall–Kier alpha value is -4.19. The molecule has 0 aliphatic rings. The molecular weight excluding hydrogens is 805 g/mol. The summed E-state index contributed by atoms with van der Waals surface area (Å²) in [6.45, 7) is 6.29. The summed E-state index contributed by atoms with van der Waals surface area (Å²) >= 11 is 0. The van der Waals surface area contributed by atoms with Crippen LogP contribution in [-0.2, 0) is 28.6 Å². The number of rotatable bonds is 45. The van der Waals surface area contributed by atoms with Crippen molar-refractivity contribution < 1.29 is 28.6 Å². The molecule has 0 fully saturated rings. The lowest BCUT2D eigenvalue weighted by molar-refractivity contribution is -0.167. The summed E-state index contributed by atoms with van der Waals surface area (Å²) in [5.74, 6) is -1.01. The fraction of sp³-hybridized carbons (Fsp3) is 0.610. The molecule has 0 bridgehead atoms. The van der Waals surface area contributed by atoms with Crippen LogP contribution in [0, 0.1) is 0 Å². The fourth-order valence-electron chi connectivity index (χ4n) is 6.58. The summed E-state index contributed by atoms with van der Waals surface area (Å²) in [5, 5.41) is 0. The topological polar surface area (TPSA) is 78.9 Å². The highest BCUT2D eigenvalue weighted by Crippen LogP contribution is 2.12. The van der Waals surface area contributed by atoms with Gasteiger partial charge in [0.1, 0.15) is 13.2 Å². The molecule has 0 aliphatic carbocycles. The second-order valence-corrected chi connectivity index (χ2v) is 16.7. The van der Waals surface area contributed by atoms with Crippen molar-refractivity contribution >= 4 is 17.9 Å². The minimum Gasteiger partial charge on any atom is -0.462 e. The van der Waals surface area contributed by atoms with Crippen LogP contribution in [0.3, 0.4) is 0 Å². The van der Waals surface area contributed by atoms with Gasteiger partial charge in [-0.25, -0.2) is 0 Å². The third-order valence-corrected chi connectivity index (χ3v) is 10.4. The summed E-state index contributed by atoms with van der Waals surface area (Å²) in [5.41, 5.74) is 0. The van der Waals surface area contributed by atoms with Crippen molar-refractivity contribution in [2.45, 2.75) is 219 Å². The van der Waals surface area contributed by atoms with E-state index in [2.05, 4.69) is 142 Å². The molecule has 0 heterocycles. The van der Waals surface area contributed by atoms with Crippen LogP contribution >= 0.6 is 0 Å². The van der Waals surface area contributed by atoms with E-state index >= 15 is 0 Å². The van der Waals surface area contributed by atoms with Crippen LogP contribution in [0.2, 0.25) is 0 Å². The second-order valence-electron chi connectivity index (χ2n) is 16.7. The molecule has 65 heavy (non-hydrogen) atoms. The van der Waals surface area contributed by atoms with Gasteiger partial charge in [-0.05, 0) is 122 Å². The SMILES string of the molecule is CCC=CCC=CCC=CCCCCCCCC(=O)OCC(COC(=O)CCCCCCCC=CCC=CCC=CCC)OC(=O)CCCC=CCC=CCC=CCC=CCCCCC. The van der Waals surface area contributed by atoms with E-state index in [4.69, 9.17) is 14.2 Å². The average molecular weight is 899 g/mol. The first-order valence-corrected chi connectivity index (χ1v) is 26.0. The summed E-state index contributed by atoms with van der Waals surface area (Å²) in [6.07, 6.45) is 71.8. The third-order valence-electron chi connectivity index (χ3n) is 10.4. The molecule has 0 aromatic rings. The normalized spacial score (nSPS) is 13.1. The number of allylic oxidation sites excluding steroid dienone is 20. The van der Waals surface area contributed by atoms with Crippen molar-refractivity contribution in [3.63, 3.8) is 0 Å². The Morgan fingerprint density at radius 1 is 0.323 bits per heavy atom. The number of hydrogen-bond acceptors (Lipinski definition) is 6. The summed E-state index contributed by atoms with van der Waals surface area (Å²) in [6, 6.07) is 0. The van der Waals surface area contributed by atoms with Gasteiger partial charge in [-0.1, -0.05) is 194 Å². The van der Waals surface area contributed by atoms with Gasteiger partial charge < -0.3 is 14.2 Å². The Bertz CT molecular complexity index is 1340. The van der Waals surface area contributed by atoms with Crippen molar-refractivity contribution in [3.05, 3.63) is 122 Å². The maximum Gasteiger partial charge on any atom is 0.306 e. The number of esters is 3. The lowest BCUT2D eigenvalue weighted by atomic mass is 10.1. The lowest BCUT2D eigenvalue weighted by Gasteiger charge is -2.18. The Morgan fingerprint density at radius 3 is 0.985 bits per heavy atom. The van der Waals surface area contributed by atoms with Crippen LogP contribution in [0.5, 0.6) is 0 Å². The quantitative estimate of drug-likeness (QED) is 0.0262. The largest absolute Gasteiger partial charge is 0.462 e. The summed E-state index contributed by atoms with van der Waals surface area (Å²) in [7, 11) is 0. The van der Waals surface area contributed by atoms with Gasteiger partial charge in [-0.3, -0.25) is 14.4 Å². The number of carbonyl (C=O) groups excluding carboxylic acids is 3. The van der Waals surface area contributed by atoms with Crippen LogP contribution < -0.4 is 0 Å². The van der Waals surface area contributed by atoms with Crippen molar-refractivity contribution in [1.82, 2.24) is 0 Å². The predicted molar refractivity (Wildman–Crippen MR) is 279 cm³/mol. The molecule has 0 rings (SSSR count). The lowest BCUT2D eigenvalue weighted by Crippen LogP contribution is -2.30. The zero-order chi connectivity index (χ0) is 47.2. The zero-order valence-corrected chi connectivity index (χ0v) is 41.7. The van der Waals surface area contributed by atoms with E-state index in [9.17, 15) is 14.4 Å². The Kier molecular flexibility index (Phi) is 49.1. The molecule has 0 aromatic heterocycles. The Labute approximate surface area is 399 Å². The highest BCUT2D eigenvalue weighted by molar-refractivity contribution is 5.71. The van der Waals surface area contributed by atoms with Crippen molar-refractivity contribution in [2.24, 2.45) is 0 Å². The molecule has 0 saturated heterocycles. The van der Waals surface area contributed by atoms with Gasteiger partial charge in [0, 0.05) is 19.3 Å². The van der Waals surface area contributed by atoms with Crippen LogP contribution in [0.4, 0.5) is 0 Å². The van der Waals surface area contributed by atoms with E-state index < -0.39 is 6.10 Å². The molecule has 0 N–H and O–H groups in total. The molecular formula is C59H94O6. The van der Waals surface area contributed by atoms with Gasteiger partial charge in [-0.2, -0.15) is 0 Å². The molecule has 0 atom stereocenters. The number of hydrogen-bond donors (Lipinski definition) is 0. The predicted octanol–water partition coefficient (Wildman–Crippen LogP) is 17.3. The van der Waals surface area contributed by atoms with Gasteiger partial charge >= 0.3 is 17.9 Å². The van der Waals surface area contributed by atoms with E-state index in [0.29, 0.717) is 19.3 Å². The van der Waals surface area contributed by atoms with Crippen LogP contribution in [0.25, 0.3) is 0 Å². The van der Waals surface area contributed by atoms with E-state index in [1.165, 1.54) is 25.7 Å². The number of carbonyl (C=O) groups is 3. The first kappa shape index (κ1) is 60.8. The number of ether oxygens (including phenoxy) is 3. The van der Waals surface area contributed by atoms with E-state index in [-0.39, 0.29) is 37.5 Å². The average Bonchev–Trinajstić information content (AvgIpc) is 3.30. The molecule has 0 aromatic carbocycles. The molecule has 0 radical (unpaired) electrons. The molecule has 0 amide bonds. The van der Waals surface area contributed by atoms with Crippen LogP contribution in [0.15, 0.2) is 122 Å². The molecule has 0 saturated carbocycles. The van der Waals surface area contributed by atoms with E-state index in [0.717, 1.165) is 141 Å². The minimum absolute atomic E-state index is 0.118. The van der Waals surface area contributed by atoms with Crippen molar-refractivity contribution in [1.29, 1.82) is 0 Å². The van der Waals surface area contributed by atoms with Crippen molar-refractivity contribution in [2.75, 3.05) is 13.2 Å². The highest BCUT2D eigenvalue weighted by atomic mass is 16.6. The standard InChI is InChI=1S/C59H94O6/c1-4-7-10-13-16-19-22-25-28-29-32-35-38-41-44-47-50-53-59(62)65-56(54-63-57(60)51-48-45-42-39-36-33-30-26-23-20-17-14-11-8-5-2)55-64-58(61)52-49-46-43-40-37-34-31-27-24-21-18-15-12-9-6-3/h8-9,11-12,16-21,25-28,30-32,35,41,44,56H,4-7,10,13-15,22-24,29,33-34,36-40,42-43,45-55H2,1-3H3. The van der Waals surface area contributed by atoms with Gasteiger partial charge in [0.2, 0.25) is 0 Å². The van der Waals surface area contributed by atoms with Gasteiger partial charge in [0.15, 0.2) is 6.10 Å². The second kappa shape index (κ2) is 52.4. The summed E-state index contributed by atoms with van der Waals surface area (Å²) in [4.78, 5) is 38.0. The monoisotopic (exact) mass is 899 g/mol. The smallest absolute Gasteiger partial charge is 0.306 e. The summed E-state index contributed by atoms with van der Waals surface area (Å²) < 4.78 is 16.7. The van der Waals surface area contributed by atoms with Crippen LogP contribution in [-0.4, -0.2) is 37.2 Å². The first-order valence-electron chi connectivity index (χ1n) is 26.0. The zero-order valence-electron chi connectivity index (χ0n) is 41.7. The molecule has 366 valence electrons. The van der Waals surface area contributed by atoms with E-state index in [1.807, 2.05) is 0 Å². The minimum atomic E-state index is -0.824. The maximum absolute atomic E-state index is 12.8. The first-order chi connectivity index (χ1) is 32.0. The van der Waals surface area contributed by atoms with Gasteiger partial charge in [0.05, 0.1) is 0 Å². The van der Waals surface area contributed by atoms with Gasteiger partial charge in [0.25, 0.3) is 0 Å². The maximum atomic E-state index is 12.8. The Morgan fingerprint density at radius 2 is 0.615 bits per heavy atom.